The highest BCUT2D eigenvalue weighted by Gasteiger charge is 2.31. The summed E-state index contributed by atoms with van der Waals surface area (Å²) in [5.74, 6) is -0.0757. The summed E-state index contributed by atoms with van der Waals surface area (Å²) in [7, 11) is -2.34. The standard InChI is InChI=1S/C18H20Cl2N2O4S/c1-11-5-8-17(26-3)15(9-11)21-18(23)12(2)22(27(4,24)25)16-10-13(19)6-7-14(16)20/h5-10,12H,1-4H3,(H,21,23)/t12-/m1/s1. The third-order valence-electron chi connectivity index (χ3n) is 3.85. The monoisotopic (exact) mass is 430 g/mol. The van der Waals surface area contributed by atoms with Crippen molar-refractivity contribution in [3.05, 3.63) is 52.0 Å². The molecule has 0 saturated heterocycles. The number of methoxy groups -OCH3 is 1. The van der Waals surface area contributed by atoms with Crippen LogP contribution in [0.3, 0.4) is 0 Å². The summed E-state index contributed by atoms with van der Waals surface area (Å²) in [6, 6.07) is 8.63. The van der Waals surface area contributed by atoms with Crippen LogP contribution in [0, 0.1) is 6.92 Å². The predicted octanol–water partition coefficient (Wildman–Crippen LogP) is 4.10. The molecule has 0 fully saturated rings. The summed E-state index contributed by atoms with van der Waals surface area (Å²) in [6.45, 7) is 3.34. The average Bonchev–Trinajstić information content (AvgIpc) is 2.57. The summed E-state index contributed by atoms with van der Waals surface area (Å²) in [5, 5.41) is 3.18. The summed E-state index contributed by atoms with van der Waals surface area (Å²) >= 11 is 12.1. The second-order valence-electron chi connectivity index (χ2n) is 6.02. The van der Waals surface area contributed by atoms with Crippen molar-refractivity contribution in [3.8, 4) is 5.75 Å². The minimum atomic E-state index is -3.82. The van der Waals surface area contributed by atoms with Crippen LogP contribution in [0.1, 0.15) is 12.5 Å². The fraction of sp³-hybridized carbons (Fsp3) is 0.278. The molecule has 6 nitrogen and oxygen atoms in total. The van der Waals surface area contributed by atoms with Crippen molar-refractivity contribution < 1.29 is 17.9 Å². The minimum absolute atomic E-state index is 0.130. The molecule has 2 rings (SSSR count). The van der Waals surface area contributed by atoms with Gasteiger partial charge in [0.25, 0.3) is 0 Å². The van der Waals surface area contributed by atoms with Crippen LogP contribution in [0.25, 0.3) is 0 Å². The Morgan fingerprint density at radius 1 is 1.19 bits per heavy atom. The van der Waals surface area contributed by atoms with E-state index in [1.807, 2.05) is 13.0 Å². The van der Waals surface area contributed by atoms with Gasteiger partial charge >= 0.3 is 0 Å². The van der Waals surface area contributed by atoms with Gasteiger partial charge in [0.2, 0.25) is 15.9 Å². The Balaban J connectivity index is 2.42. The number of hydrogen-bond acceptors (Lipinski definition) is 4. The first kappa shape index (κ1) is 21.3. The number of rotatable bonds is 6. The Bertz CT molecular complexity index is 964. The molecular formula is C18H20Cl2N2O4S. The van der Waals surface area contributed by atoms with E-state index in [0.717, 1.165) is 16.1 Å². The van der Waals surface area contributed by atoms with Crippen molar-refractivity contribution in [2.75, 3.05) is 23.0 Å². The maximum absolute atomic E-state index is 12.8. The molecule has 0 bridgehead atoms. The van der Waals surface area contributed by atoms with Crippen molar-refractivity contribution in [3.63, 3.8) is 0 Å². The van der Waals surface area contributed by atoms with E-state index < -0.39 is 22.0 Å². The highest BCUT2D eigenvalue weighted by molar-refractivity contribution is 7.92. The van der Waals surface area contributed by atoms with Gasteiger partial charge in [-0.15, -0.1) is 0 Å². The van der Waals surface area contributed by atoms with Gasteiger partial charge < -0.3 is 10.1 Å². The number of hydrogen-bond donors (Lipinski definition) is 1. The number of sulfonamides is 1. The molecule has 0 aliphatic carbocycles. The maximum Gasteiger partial charge on any atom is 0.248 e. The number of halogens is 2. The molecule has 1 amide bonds. The fourth-order valence-corrected chi connectivity index (χ4v) is 4.20. The average molecular weight is 431 g/mol. The first-order valence-electron chi connectivity index (χ1n) is 7.94. The summed E-state index contributed by atoms with van der Waals surface area (Å²) in [5.41, 5.74) is 1.49. The maximum atomic E-state index is 12.8. The topological polar surface area (TPSA) is 75.7 Å². The van der Waals surface area contributed by atoms with Crippen LogP contribution in [0.4, 0.5) is 11.4 Å². The smallest absolute Gasteiger partial charge is 0.248 e. The molecular weight excluding hydrogens is 411 g/mol. The molecule has 1 atom stereocenters. The Morgan fingerprint density at radius 2 is 1.85 bits per heavy atom. The van der Waals surface area contributed by atoms with Crippen molar-refractivity contribution in [2.24, 2.45) is 0 Å². The van der Waals surface area contributed by atoms with E-state index in [-0.39, 0.29) is 10.7 Å². The van der Waals surface area contributed by atoms with E-state index >= 15 is 0 Å². The number of amides is 1. The zero-order valence-electron chi connectivity index (χ0n) is 15.3. The number of benzene rings is 2. The van der Waals surface area contributed by atoms with Gasteiger partial charge in [0.05, 0.1) is 29.8 Å². The molecule has 0 aliphatic rings. The van der Waals surface area contributed by atoms with Gasteiger partial charge in [0.1, 0.15) is 11.8 Å². The van der Waals surface area contributed by atoms with Crippen molar-refractivity contribution in [1.82, 2.24) is 0 Å². The number of anilines is 2. The molecule has 146 valence electrons. The minimum Gasteiger partial charge on any atom is -0.495 e. The molecule has 0 aromatic heterocycles. The lowest BCUT2D eigenvalue weighted by atomic mass is 10.2. The Labute approximate surface area is 169 Å². The van der Waals surface area contributed by atoms with E-state index in [1.54, 1.807) is 12.1 Å². The van der Waals surface area contributed by atoms with Crippen LogP contribution in [0.5, 0.6) is 5.75 Å². The third-order valence-corrected chi connectivity index (χ3v) is 5.63. The number of carbonyl (C=O) groups is 1. The first-order chi connectivity index (χ1) is 12.5. The van der Waals surface area contributed by atoms with E-state index in [2.05, 4.69) is 5.32 Å². The van der Waals surface area contributed by atoms with Crippen molar-refractivity contribution in [2.45, 2.75) is 19.9 Å². The zero-order chi connectivity index (χ0) is 20.4. The van der Waals surface area contributed by atoms with Crippen LogP contribution < -0.4 is 14.4 Å². The van der Waals surface area contributed by atoms with Crippen LogP contribution in [0.2, 0.25) is 10.0 Å². The lowest BCUT2D eigenvalue weighted by Gasteiger charge is -2.29. The predicted molar refractivity (Wildman–Crippen MR) is 110 cm³/mol. The molecule has 0 saturated carbocycles. The summed E-state index contributed by atoms with van der Waals surface area (Å²) < 4.78 is 31.0. The highest BCUT2D eigenvalue weighted by Crippen LogP contribution is 2.33. The van der Waals surface area contributed by atoms with E-state index in [0.29, 0.717) is 16.5 Å². The number of nitrogens with one attached hydrogen (secondary N) is 1. The number of ether oxygens (including phenoxy) is 1. The van der Waals surface area contributed by atoms with Gasteiger partial charge in [-0.1, -0.05) is 29.3 Å². The van der Waals surface area contributed by atoms with Crippen LogP contribution >= 0.6 is 23.2 Å². The van der Waals surface area contributed by atoms with E-state index in [9.17, 15) is 13.2 Å². The Morgan fingerprint density at radius 3 is 2.44 bits per heavy atom. The van der Waals surface area contributed by atoms with E-state index in [1.165, 1.54) is 32.2 Å². The second-order valence-corrected chi connectivity index (χ2v) is 8.73. The van der Waals surface area contributed by atoms with E-state index in [4.69, 9.17) is 27.9 Å². The van der Waals surface area contributed by atoms with Crippen molar-refractivity contribution >= 4 is 50.5 Å². The molecule has 0 radical (unpaired) electrons. The zero-order valence-corrected chi connectivity index (χ0v) is 17.6. The molecule has 0 aliphatic heterocycles. The highest BCUT2D eigenvalue weighted by atomic mass is 35.5. The van der Waals surface area contributed by atoms with Gasteiger partial charge in [0.15, 0.2) is 0 Å². The molecule has 1 N–H and O–H groups in total. The largest absolute Gasteiger partial charge is 0.495 e. The Kier molecular flexibility index (Phi) is 6.62. The number of aryl methyl sites for hydroxylation is 1. The second kappa shape index (κ2) is 8.37. The number of carbonyl (C=O) groups excluding carboxylic acids is 1. The summed E-state index contributed by atoms with van der Waals surface area (Å²) in [6.07, 6.45) is 1.00. The fourth-order valence-electron chi connectivity index (χ4n) is 2.59. The van der Waals surface area contributed by atoms with Gasteiger partial charge in [0, 0.05) is 5.02 Å². The Hall–Kier alpha value is -1.96. The van der Waals surface area contributed by atoms with Crippen LogP contribution in [0.15, 0.2) is 36.4 Å². The lowest BCUT2D eigenvalue weighted by molar-refractivity contribution is -0.116. The summed E-state index contributed by atoms with van der Waals surface area (Å²) in [4.78, 5) is 12.8. The third kappa shape index (κ3) is 5.06. The van der Waals surface area contributed by atoms with Crippen LogP contribution in [-0.4, -0.2) is 33.7 Å². The molecule has 0 spiro atoms. The quantitative estimate of drug-likeness (QED) is 0.747. The lowest BCUT2D eigenvalue weighted by Crippen LogP contribution is -2.45. The molecule has 9 heteroatoms. The molecule has 27 heavy (non-hydrogen) atoms. The van der Waals surface area contributed by atoms with Gasteiger partial charge in [-0.05, 0) is 49.7 Å². The van der Waals surface area contributed by atoms with Gasteiger partial charge in [-0.3, -0.25) is 9.10 Å². The molecule has 2 aromatic carbocycles. The SMILES string of the molecule is COc1ccc(C)cc1NC(=O)[C@@H](C)N(c1cc(Cl)ccc1Cl)S(C)(=O)=O. The van der Waals surface area contributed by atoms with Crippen LogP contribution in [-0.2, 0) is 14.8 Å². The normalized spacial score (nSPS) is 12.4. The number of nitrogens with zero attached hydrogens (tertiary/aromatic N) is 1. The molecule has 2 aromatic rings. The van der Waals surface area contributed by atoms with Gasteiger partial charge in [-0.25, -0.2) is 8.42 Å². The molecule has 0 unspecified atom stereocenters. The van der Waals surface area contributed by atoms with Gasteiger partial charge in [-0.2, -0.15) is 0 Å². The molecule has 0 heterocycles. The van der Waals surface area contributed by atoms with Crippen molar-refractivity contribution in [1.29, 1.82) is 0 Å². The first-order valence-corrected chi connectivity index (χ1v) is 10.5.